The molecule has 30 heavy (non-hydrogen) atoms. The maximum Gasteiger partial charge on any atom is 0.387 e. The number of aryl methyl sites for hydroxylation is 2. The van der Waals surface area contributed by atoms with E-state index in [4.69, 9.17) is 9.47 Å². The van der Waals surface area contributed by atoms with E-state index in [1.54, 1.807) is 6.07 Å². The zero-order valence-corrected chi connectivity index (χ0v) is 16.9. The molecule has 6 nitrogen and oxygen atoms in total. The van der Waals surface area contributed by atoms with E-state index < -0.39 is 25.1 Å². The summed E-state index contributed by atoms with van der Waals surface area (Å²) >= 11 is 0. The number of carbonyl (C=O) groups is 2. The highest BCUT2D eigenvalue weighted by atomic mass is 19.3. The molecule has 0 atom stereocenters. The Balaban J connectivity index is 2.00. The molecule has 0 heterocycles. The van der Waals surface area contributed by atoms with Gasteiger partial charge in [-0.15, -0.1) is 0 Å². The van der Waals surface area contributed by atoms with Crippen LogP contribution in [-0.4, -0.2) is 32.2 Å². The van der Waals surface area contributed by atoms with E-state index in [9.17, 15) is 18.4 Å². The van der Waals surface area contributed by atoms with E-state index in [0.29, 0.717) is 5.69 Å². The highest BCUT2D eigenvalue weighted by Crippen LogP contribution is 2.33. The van der Waals surface area contributed by atoms with Crippen molar-refractivity contribution in [3.63, 3.8) is 0 Å². The molecule has 0 aliphatic carbocycles. The third kappa shape index (κ3) is 6.30. The van der Waals surface area contributed by atoms with Crippen molar-refractivity contribution in [3.05, 3.63) is 59.2 Å². The number of anilines is 1. The number of esters is 1. The molecule has 0 bridgehead atoms. The molecular weight excluding hydrogens is 396 g/mol. The maximum atomic E-state index is 12.6. The Morgan fingerprint density at radius 2 is 1.90 bits per heavy atom. The number of methoxy groups -OCH3 is 1. The van der Waals surface area contributed by atoms with Gasteiger partial charge in [-0.3, -0.25) is 4.79 Å². The van der Waals surface area contributed by atoms with Gasteiger partial charge in [0.25, 0.3) is 5.91 Å². The summed E-state index contributed by atoms with van der Waals surface area (Å²) in [7, 11) is 1.31. The average molecular weight is 419 g/mol. The molecule has 0 aromatic heterocycles. The fourth-order valence-electron chi connectivity index (χ4n) is 2.76. The fraction of sp³-hybridized carbons (Fsp3) is 0.273. The Morgan fingerprint density at radius 3 is 2.57 bits per heavy atom. The number of alkyl halides is 2. The average Bonchev–Trinajstić information content (AvgIpc) is 2.72. The lowest BCUT2D eigenvalue weighted by Crippen LogP contribution is -2.21. The predicted octanol–water partition coefficient (Wildman–Crippen LogP) is 4.36. The summed E-state index contributed by atoms with van der Waals surface area (Å²) < 4.78 is 39.7. The zero-order valence-electron chi connectivity index (χ0n) is 16.9. The highest BCUT2D eigenvalue weighted by molar-refractivity contribution is 5.95. The lowest BCUT2D eigenvalue weighted by atomic mass is 10.1. The monoisotopic (exact) mass is 419 g/mol. The number of halogens is 2. The van der Waals surface area contributed by atoms with Gasteiger partial charge in [0.1, 0.15) is 0 Å². The summed E-state index contributed by atoms with van der Waals surface area (Å²) in [6, 6.07) is 10.2. The normalized spacial score (nSPS) is 10.9. The Morgan fingerprint density at radius 1 is 1.17 bits per heavy atom. The standard InChI is InChI=1S/C22H23F2NO5/c1-4-15-8-5-7-14(2)20(15)25-18(26)13-29-19(27)12-11-16-9-6-10-17(28-3)21(16)30-22(23)24/h5-12,22H,4,13H2,1-3H3,(H,25,26)/b12-11+. The van der Waals surface area contributed by atoms with E-state index in [1.807, 2.05) is 32.0 Å². The fourth-order valence-corrected chi connectivity index (χ4v) is 2.76. The van der Waals surface area contributed by atoms with Crippen molar-refractivity contribution in [1.29, 1.82) is 0 Å². The molecule has 1 N–H and O–H groups in total. The van der Waals surface area contributed by atoms with Crippen LogP contribution in [0.1, 0.15) is 23.6 Å². The maximum absolute atomic E-state index is 12.6. The quantitative estimate of drug-likeness (QED) is 0.483. The first-order chi connectivity index (χ1) is 14.3. The molecule has 0 unspecified atom stereocenters. The van der Waals surface area contributed by atoms with E-state index in [2.05, 4.69) is 10.1 Å². The summed E-state index contributed by atoms with van der Waals surface area (Å²) in [6.45, 7) is 0.300. The van der Waals surface area contributed by atoms with Crippen LogP contribution in [0.2, 0.25) is 0 Å². The first-order valence-electron chi connectivity index (χ1n) is 9.20. The lowest BCUT2D eigenvalue weighted by Gasteiger charge is -2.13. The van der Waals surface area contributed by atoms with Gasteiger partial charge in [-0.25, -0.2) is 4.79 Å². The van der Waals surface area contributed by atoms with Gasteiger partial charge in [0, 0.05) is 17.3 Å². The minimum Gasteiger partial charge on any atom is -0.493 e. The Hall–Kier alpha value is -3.42. The number of amides is 1. The van der Waals surface area contributed by atoms with Crippen LogP contribution in [0.25, 0.3) is 6.08 Å². The van der Waals surface area contributed by atoms with Crippen molar-refractivity contribution in [2.24, 2.45) is 0 Å². The van der Waals surface area contributed by atoms with E-state index in [-0.39, 0.29) is 17.1 Å². The number of benzene rings is 2. The highest BCUT2D eigenvalue weighted by Gasteiger charge is 2.14. The SMILES string of the molecule is CCc1cccc(C)c1NC(=O)COC(=O)/C=C/c1cccc(OC)c1OC(F)F. The van der Waals surface area contributed by atoms with Crippen LogP contribution in [0, 0.1) is 6.92 Å². The van der Waals surface area contributed by atoms with Crippen LogP contribution >= 0.6 is 0 Å². The summed E-state index contributed by atoms with van der Waals surface area (Å²) in [5, 5.41) is 2.74. The van der Waals surface area contributed by atoms with Crippen molar-refractivity contribution in [3.8, 4) is 11.5 Å². The number of hydrogen-bond acceptors (Lipinski definition) is 5. The number of carbonyl (C=O) groups excluding carboxylic acids is 2. The van der Waals surface area contributed by atoms with Crippen LogP contribution in [-0.2, 0) is 20.7 Å². The molecule has 0 fully saturated rings. The second kappa shape index (κ2) is 10.9. The van der Waals surface area contributed by atoms with Crippen LogP contribution < -0.4 is 14.8 Å². The molecule has 160 valence electrons. The van der Waals surface area contributed by atoms with Gasteiger partial charge in [0.2, 0.25) is 0 Å². The number of para-hydroxylation sites is 2. The van der Waals surface area contributed by atoms with Crippen LogP contribution in [0.5, 0.6) is 11.5 Å². The molecule has 2 aromatic rings. The first kappa shape index (κ1) is 22.9. The van der Waals surface area contributed by atoms with Crippen LogP contribution in [0.4, 0.5) is 14.5 Å². The lowest BCUT2D eigenvalue weighted by molar-refractivity contribution is -0.142. The van der Waals surface area contributed by atoms with Crippen molar-refractivity contribution < 1.29 is 32.6 Å². The number of ether oxygens (including phenoxy) is 3. The largest absolute Gasteiger partial charge is 0.493 e. The van der Waals surface area contributed by atoms with Gasteiger partial charge in [0.05, 0.1) is 7.11 Å². The van der Waals surface area contributed by atoms with Crippen molar-refractivity contribution in [2.75, 3.05) is 19.0 Å². The van der Waals surface area contributed by atoms with Gasteiger partial charge in [-0.05, 0) is 36.6 Å². The molecule has 0 aliphatic rings. The van der Waals surface area contributed by atoms with Crippen molar-refractivity contribution in [2.45, 2.75) is 26.9 Å². The summed E-state index contributed by atoms with van der Waals surface area (Å²) in [5.41, 5.74) is 2.77. The second-order valence-electron chi connectivity index (χ2n) is 6.21. The Kier molecular flexibility index (Phi) is 8.34. The third-order valence-corrected chi connectivity index (χ3v) is 4.19. The number of hydrogen-bond donors (Lipinski definition) is 1. The minimum atomic E-state index is -3.06. The second-order valence-corrected chi connectivity index (χ2v) is 6.21. The summed E-state index contributed by atoms with van der Waals surface area (Å²) in [5.74, 6) is -1.40. The molecule has 0 aliphatic heterocycles. The smallest absolute Gasteiger partial charge is 0.387 e. The first-order valence-corrected chi connectivity index (χ1v) is 9.20. The molecule has 1 amide bonds. The molecule has 0 radical (unpaired) electrons. The Labute approximate surface area is 173 Å². The number of rotatable bonds is 9. The van der Waals surface area contributed by atoms with Gasteiger partial charge < -0.3 is 19.5 Å². The van der Waals surface area contributed by atoms with Crippen LogP contribution in [0.15, 0.2) is 42.5 Å². The molecule has 0 saturated carbocycles. The summed E-state index contributed by atoms with van der Waals surface area (Å²) in [4.78, 5) is 24.1. The Bertz CT molecular complexity index is 928. The van der Waals surface area contributed by atoms with E-state index >= 15 is 0 Å². The van der Waals surface area contributed by atoms with Crippen molar-refractivity contribution in [1.82, 2.24) is 0 Å². The van der Waals surface area contributed by atoms with Gasteiger partial charge >= 0.3 is 12.6 Å². The summed E-state index contributed by atoms with van der Waals surface area (Å²) in [6.07, 6.45) is 3.01. The topological polar surface area (TPSA) is 73.9 Å². The van der Waals surface area contributed by atoms with Crippen molar-refractivity contribution >= 4 is 23.6 Å². The van der Waals surface area contributed by atoms with Gasteiger partial charge in [-0.2, -0.15) is 8.78 Å². The minimum absolute atomic E-state index is 0.0927. The molecule has 2 rings (SSSR count). The number of nitrogens with one attached hydrogen (secondary N) is 1. The zero-order chi connectivity index (χ0) is 22.1. The molecule has 0 saturated heterocycles. The molecule has 0 spiro atoms. The van der Waals surface area contributed by atoms with Gasteiger partial charge in [0.15, 0.2) is 18.1 Å². The van der Waals surface area contributed by atoms with E-state index in [1.165, 1.54) is 25.3 Å². The molecular formula is C22H23F2NO5. The molecule has 8 heteroatoms. The van der Waals surface area contributed by atoms with E-state index in [0.717, 1.165) is 23.6 Å². The third-order valence-electron chi connectivity index (χ3n) is 4.19. The predicted molar refractivity (Wildman–Crippen MR) is 109 cm³/mol. The molecule has 2 aromatic carbocycles. The van der Waals surface area contributed by atoms with Gasteiger partial charge in [-0.1, -0.05) is 37.3 Å². The van der Waals surface area contributed by atoms with Crippen LogP contribution in [0.3, 0.4) is 0 Å².